The van der Waals surface area contributed by atoms with Gasteiger partial charge in [-0.1, -0.05) is 13.0 Å². The van der Waals surface area contributed by atoms with Crippen molar-refractivity contribution in [3.63, 3.8) is 0 Å². The number of guanidine groups is 1. The van der Waals surface area contributed by atoms with Crippen LogP contribution in [0.4, 0.5) is 0 Å². The van der Waals surface area contributed by atoms with E-state index in [-0.39, 0.29) is 0 Å². The summed E-state index contributed by atoms with van der Waals surface area (Å²) in [6, 6.07) is 6.19. The quantitative estimate of drug-likeness (QED) is 0.560. The average Bonchev–Trinajstić information content (AvgIpc) is 3.07. The van der Waals surface area contributed by atoms with Gasteiger partial charge in [-0.2, -0.15) is 0 Å². The number of ether oxygens (including phenoxy) is 1. The zero-order valence-electron chi connectivity index (χ0n) is 15.6. The van der Waals surface area contributed by atoms with Crippen molar-refractivity contribution in [2.75, 3.05) is 20.2 Å². The summed E-state index contributed by atoms with van der Waals surface area (Å²) < 4.78 is 5.33. The van der Waals surface area contributed by atoms with Gasteiger partial charge in [-0.25, -0.2) is 9.98 Å². The molecule has 0 aliphatic rings. The van der Waals surface area contributed by atoms with Crippen molar-refractivity contribution < 1.29 is 4.74 Å². The third kappa shape index (κ3) is 6.38. The van der Waals surface area contributed by atoms with E-state index in [1.807, 2.05) is 18.3 Å². The van der Waals surface area contributed by atoms with Gasteiger partial charge in [0.15, 0.2) is 5.96 Å². The summed E-state index contributed by atoms with van der Waals surface area (Å²) in [4.78, 5) is 10.5. The van der Waals surface area contributed by atoms with Gasteiger partial charge >= 0.3 is 0 Å². The lowest BCUT2D eigenvalue weighted by molar-refractivity contribution is 0.414. The number of hydrogen-bond acceptors (Lipinski definition) is 4. The molecule has 1 aromatic heterocycles. The number of thiazole rings is 1. The molecule has 0 radical (unpaired) electrons. The first-order chi connectivity index (χ1) is 12.1. The molecule has 0 amide bonds. The first-order valence-electron chi connectivity index (χ1n) is 8.74. The van der Waals surface area contributed by atoms with E-state index in [1.54, 1.807) is 18.4 Å². The number of aryl methyl sites for hydroxylation is 2. The predicted octanol–water partition coefficient (Wildman–Crippen LogP) is 3.32. The largest absolute Gasteiger partial charge is 0.497 e. The lowest BCUT2D eigenvalue weighted by Crippen LogP contribution is -2.38. The second kappa shape index (κ2) is 10.0. The zero-order valence-corrected chi connectivity index (χ0v) is 16.4. The molecule has 2 N–H and O–H groups in total. The van der Waals surface area contributed by atoms with E-state index in [0.29, 0.717) is 6.54 Å². The first kappa shape index (κ1) is 19.2. The predicted molar refractivity (Wildman–Crippen MR) is 106 cm³/mol. The molecule has 0 aliphatic carbocycles. The molecule has 136 valence electrons. The fraction of sp³-hybridized carbons (Fsp3) is 0.474. The van der Waals surface area contributed by atoms with Crippen LogP contribution in [-0.4, -0.2) is 31.1 Å². The monoisotopic (exact) mass is 360 g/mol. The maximum absolute atomic E-state index is 5.33. The van der Waals surface area contributed by atoms with Gasteiger partial charge in [0.1, 0.15) is 5.75 Å². The summed E-state index contributed by atoms with van der Waals surface area (Å²) in [6.07, 6.45) is 3.94. The lowest BCUT2D eigenvalue weighted by Gasteiger charge is -2.11. The minimum Gasteiger partial charge on any atom is -0.497 e. The molecule has 0 saturated heterocycles. The Kier molecular flexibility index (Phi) is 7.73. The van der Waals surface area contributed by atoms with Crippen LogP contribution in [0.3, 0.4) is 0 Å². The molecule has 0 fully saturated rings. The third-order valence-corrected chi connectivity index (χ3v) is 4.89. The van der Waals surface area contributed by atoms with Gasteiger partial charge < -0.3 is 15.4 Å². The van der Waals surface area contributed by atoms with E-state index in [9.17, 15) is 0 Å². The average molecular weight is 361 g/mol. The maximum Gasteiger partial charge on any atom is 0.191 e. The number of aromatic nitrogens is 1. The molecule has 1 aromatic carbocycles. The zero-order chi connectivity index (χ0) is 18.1. The molecule has 0 saturated carbocycles. The lowest BCUT2D eigenvalue weighted by atomic mass is 10.1. The van der Waals surface area contributed by atoms with Crippen LogP contribution in [0.5, 0.6) is 5.75 Å². The van der Waals surface area contributed by atoms with Gasteiger partial charge in [0.2, 0.25) is 0 Å². The van der Waals surface area contributed by atoms with Gasteiger partial charge in [0.25, 0.3) is 0 Å². The van der Waals surface area contributed by atoms with Crippen LogP contribution in [0, 0.1) is 6.92 Å². The standard InChI is InChI=1S/C19H28N4OS/c1-5-17-13-22-18(25-17)7-8-21-19(20-6-2)23-12-15-9-14(3)10-16(11-15)24-4/h9-11,13H,5-8,12H2,1-4H3,(H2,20,21,23). The SMILES string of the molecule is CCNC(=NCc1cc(C)cc(OC)c1)NCCc1ncc(CC)s1. The van der Waals surface area contributed by atoms with Crippen LogP contribution in [0.2, 0.25) is 0 Å². The van der Waals surface area contributed by atoms with Crippen molar-refractivity contribution in [1.29, 1.82) is 0 Å². The number of benzene rings is 1. The third-order valence-electron chi connectivity index (χ3n) is 3.69. The second-order valence-corrected chi connectivity index (χ2v) is 7.00. The number of rotatable bonds is 8. The highest BCUT2D eigenvalue weighted by Crippen LogP contribution is 2.17. The van der Waals surface area contributed by atoms with Crippen molar-refractivity contribution in [3.8, 4) is 5.75 Å². The summed E-state index contributed by atoms with van der Waals surface area (Å²) in [6.45, 7) is 8.56. The molecule has 5 nitrogen and oxygen atoms in total. The molecular formula is C19H28N4OS. The number of nitrogens with zero attached hydrogens (tertiary/aromatic N) is 2. The van der Waals surface area contributed by atoms with Gasteiger partial charge in [-0.05, 0) is 43.5 Å². The minimum atomic E-state index is 0.616. The summed E-state index contributed by atoms with van der Waals surface area (Å²) in [5, 5.41) is 7.84. The molecule has 25 heavy (non-hydrogen) atoms. The Morgan fingerprint density at radius 1 is 1.24 bits per heavy atom. The molecule has 0 aliphatic heterocycles. The number of methoxy groups -OCH3 is 1. The highest BCUT2D eigenvalue weighted by atomic mass is 32.1. The first-order valence-corrected chi connectivity index (χ1v) is 9.56. The van der Waals surface area contributed by atoms with Gasteiger partial charge in [0.05, 0.1) is 18.7 Å². The summed E-state index contributed by atoms with van der Waals surface area (Å²) >= 11 is 1.79. The Labute approximate surface area is 154 Å². The maximum atomic E-state index is 5.33. The number of hydrogen-bond donors (Lipinski definition) is 2. The van der Waals surface area contributed by atoms with Crippen molar-refractivity contribution in [2.45, 2.75) is 40.2 Å². The number of nitrogens with one attached hydrogen (secondary N) is 2. The Bertz CT molecular complexity index is 696. The van der Waals surface area contributed by atoms with Crippen LogP contribution in [0.1, 0.15) is 34.9 Å². The van der Waals surface area contributed by atoms with E-state index in [1.165, 1.54) is 15.4 Å². The Morgan fingerprint density at radius 2 is 2.08 bits per heavy atom. The molecule has 0 unspecified atom stereocenters. The van der Waals surface area contributed by atoms with Crippen molar-refractivity contribution in [3.05, 3.63) is 45.4 Å². The van der Waals surface area contributed by atoms with Crippen molar-refractivity contribution in [2.24, 2.45) is 4.99 Å². The van der Waals surface area contributed by atoms with Crippen LogP contribution in [0.25, 0.3) is 0 Å². The van der Waals surface area contributed by atoms with Gasteiger partial charge in [-0.15, -0.1) is 11.3 Å². The number of aliphatic imine (C=N–C) groups is 1. The van der Waals surface area contributed by atoms with Gasteiger partial charge in [0, 0.05) is 30.6 Å². The molecule has 0 atom stereocenters. The highest BCUT2D eigenvalue weighted by Gasteiger charge is 2.03. The van der Waals surface area contributed by atoms with Crippen molar-refractivity contribution >= 4 is 17.3 Å². The molecule has 2 rings (SSSR count). The summed E-state index contributed by atoms with van der Waals surface area (Å²) in [7, 11) is 1.69. The van der Waals surface area contributed by atoms with Crippen LogP contribution < -0.4 is 15.4 Å². The second-order valence-electron chi connectivity index (χ2n) is 5.80. The topological polar surface area (TPSA) is 58.5 Å². The fourth-order valence-electron chi connectivity index (χ4n) is 2.46. The molecule has 0 spiro atoms. The molecule has 2 aromatic rings. The Morgan fingerprint density at radius 3 is 2.76 bits per heavy atom. The molecular weight excluding hydrogens is 332 g/mol. The van der Waals surface area contributed by atoms with Crippen LogP contribution in [-0.2, 0) is 19.4 Å². The summed E-state index contributed by atoms with van der Waals surface area (Å²) in [5.41, 5.74) is 2.32. The van der Waals surface area contributed by atoms with Crippen LogP contribution in [0.15, 0.2) is 29.4 Å². The molecule has 6 heteroatoms. The van der Waals surface area contributed by atoms with E-state index in [0.717, 1.165) is 43.2 Å². The molecule has 0 bridgehead atoms. The van der Waals surface area contributed by atoms with E-state index < -0.39 is 0 Å². The van der Waals surface area contributed by atoms with Crippen LogP contribution >= 0.6 is 11.3 Å². The van der Waals surface area contributed by atoms with Gasteiger partial charge in [-0.3, -0.25) is 0 Å². The smallest absolute Gasteiger partial charge is 0.191 e. The van der Waals surface area contributed by atoms with E-state index >= 15 is 0 Å². The minimum absolute atomic E-state index is 0.616. The van der Waals surface area contributed by atoms with E-state index in [2.05, 4.69) is 47.4 Å². The normalized spacial score (nSPS) is 11.4. The highest BCUT2D eigenvalue weighted by molar-refractivity contribution is 7.11. The Balaban J connectivity index is 1.92. The van der Waals surface area contributed by atoms with E-state index in [4.69, 9.17) is 4.74 Å². The Hall–Kier alpha value is -2.08. The fourth-order valence-corrected chi connectivity index (χ4v) is 3.32. The summed E-state index contributed by atoms with van der Waals surface area (Å²) in [5.74, 6) is 1.70. The van der Waals surface area contributed by atoms with Crippen molar-refractivity contribution in [1.82, 2.24) is 15.6 Å². The molecule has 1 heterocycles.